The zero-order chi connectivity index (χ0) is 22.6. The predicted octanol–water partition coefficient (Wildman–Crippen LogP) is 6.38. The van der Waals surface area contributed by atoms with Gasteiger partial charge in [0.25, 0.3) is 0 Å². The topological polar surface area (TPSA) is 15.3 Å². The first-order valence-electron chi connectivity index (χ1n) is 11.1. The fourth-order valence-electron chi connectivity index (χ4n) is 3.53. The Kier molecular flexibility index (Phi) is 10.1. The monoisotopic (exact) mass is 414 g/mol. The number of hydrogen-bond donors (Lipinski definition) is 1. The Morgan fingerprint density at radius 3 is 2.06 bits per heavy atom. The molecule has 0 heterocycles. The van der Waals surface area contributed by atoms with Gasteiger partial charge in [0.05, 0.1) is 0 Å². The molecule has 0 spiro atoms. The second-order valence-electron chi connectivity index (χ2n) is 8.34. The van der Waals surface area contributed by atoms with E-state index in [9.17, 15) is 0 Å². The van der Waals surface area contributed by atoms with E-state index in [4.69, 9.17) is 0 Å². The molecule has 0 saturated carbocycles. The van der Waals surface area contributed by atoms with Crippen LogP contribution in [0.1, 0.15) is 33.4 Å². The van der Waals surface area contributed by atoms with Crippen LogP contribution in [0, 0.1) is 27.7 Å². The van der Waals surface area contributed by atoms with Gasteiger partial charge in [-0.1, -0.05) is 96.1 Å². The normalized spacial score (nSPS) is 10.2. The Morgan fingerprint density at radius 1 is 0.806 bits per heavy atom. The minimum Gasteiger partial charge on any atom is -0.369 e. The molecular weight excluding hydrogens is 376 g/mol. The summed E-state index contributed by atoms with van der Waals surface area (Å²) in [5, 5.41) is 3.25. The van der Waals surface area contributed by atoms with E-state index < -0.39 is 0 Å². The van der Waals surface area contributed by atoms with Gasteiger partial charge in [-0.15, -0.1) is 0 Å². The number of benzene rings is 3. The Balaban J connectivity index is 0.000000412. The number of aryl methyl sites for hydroxylation is 4. The summed E-state index contributed by atoms with van der Waals surface area (Å²) in [6.45, 7) is 15.8. The standard InChI is InChI=1S/C22H30N2.C7H8/c1-17-7-6-8-21(14-17)15-20(4)24(12-11-23-5)16-22-10-9-18(2)13-19(22)3;1-7-5-3-2-4-6-7/h6-10,13-14,23H,4,11-12,15-16H2,1-3,5H3;2-6H,1H3. The van der Waals surface area contributed by atoms with Crippen LogP contribution in [0.25, 0.3) is 0 Å². The van der Waals surface area contributed by atoms with Crippen molar-refractivity contribution in [2.75, 3.05) is 20.1 Å². The molecule has 2 heteroatoms. The van der Waals surface area contributed by atoms with Crippen molar-refractivity contribution in [3.8, 4) is 0 Å². The second-order valence-corrected chi connectivity index (χ2v) is 8.34. The van der Waals surface area contributed by atoms with Gasteiger partial charge >= 0.3 is 0 Å². The van der Waals surface area contributed by atoms with Gasteiger partial charge in [-0.2, -0.15) is 0 Å². The third kappa shape index (κ3) is 8.82. The van der Waals surface area contributed by atoms with Crippen LogP contribution in [-0.2, 0) is 13.0 Å². The average Bonchev–Trinajstić information content (AvgIpc) is 2.73. The fraction of sp³-hybridized carbons (Fsp3) is 0.310. The van der Waals surface area contributed by atoms with E-state index in [0.717, 1.165) is 26.1 Å². The van der Waals surface area contributed by atoms with E-state index in [1.165, 1.54) is 39.1 Å². The van der Waals surface area contributed by atoms with Crippen LogP contribution >= 0.6 is 0 Å². The zero-order valence-electron chi connectivity index (χ0n) is 19.9. The SMILES string of the molecule is C=C(Cc1cccc(C)c1)N(CCNC)Cc1ccc(C)cc1C.Cc1ccccc1. The number of allylic oxidation sites excluding steroid dienone is 1. The first kappa shape index (κ1) is 24.4. The first-order valence-corrected chi connectivity index (χ1v) is 11.1. The molecule has 0 fully saturated rings. The molecular formula is C29H38N2. The van der Waals surface area contributed by atoms with Crippen LogP contribution in [0.15, 0.2) is 85.1 Å². The molecule has 164 valence electrons. The first-order chi connectivity index (χ1) is 14.9. The van der Waals surface area contributed by atoms with Crippen molar-refractivity contribution in [2.24, 2.45) is 0 Å². The quantitative estimate of drug-likeness (QED) is 0.460. The van der Waals surface area contributed by atoms with E-state index in [0.29, 0.717) is 0 Å². The van der Waals surface area contributed by atoms with E-state index in [1.54, 1.807) is 0 Å². The highest BCUT2D eigenvalue weighted by atomic mass is 15.1. The number of nitrogens with one attached hydrogen (secondary N) is 1. The molecule has 0 atom stereocenters. The summed E-state index contributed by atoms with van der Waals surface area (Å²) in [5.41, 5.74) is 9.18. The summed E-state index contributed by atoms with van der Waals surface area (Å²) in [5.74, 6) is 0. The van der Waals surface area contributed by atoms with Crippen molar-refractivity contribution < 1.29 is 0 Å². The summed E-state index contributed by atoms with van der Waals surface area (Å²) in [4.78, 5) is 2.40. The summed E-state index contributed by atoms with van der Waals surface area (Å²) >= 11 is 0. The smallest absolute Gasteiger partial charge is 0.0429 e. The van der Waals surface area contributed by atoms with Crippen molar-refractivity contribution in [1.29, 1.82) is 0 Å². The Bertz CT molecular complexity index is 944. The van der Waals surface area contributed by atoms with Crippen LogP contribution in [0.2, 0.25) is 0 Å². The lowest BCUT2D eigenvalue weighted by Gasteiger charge is -2.28. The molecule has 0 unspecified atom stereocenters. The number of rotatable bonds is 8. The molecule has 0 amide bonds. The van der Waals surface area contributed by atoms with Crippen molar-refractivity contribution in [2.45, 2.75) is 40.7 Å². The molecule has 31 heavy (non-hydrogen) atoms. The highest BCUT2D eigenvalue weighted by Gasteiger charge is 2.11. The lowest BCUT2D eigenvalue weighted by Crippen LogP contribution is -2.30. The molecule has 0 aliphatic heterocycles. The second kappa shape index (κ2) is 12.8. The largest absolute Gasteiger partial charge is 0.369 e. The Hall–Kier alpha value is -2.84. The van der Waals surface area contributed by atoms with Crippen molar-refractivity contribution in [1.82, 2.24) is 10.2 Å². The molecule has 2 nitrogen and oxygen atoms in total. The molecule has 0 radical (unpaired) electrons. The molecule has 0 aromatic heterocycles. The molecule has 3 aromatic rings. The van der Waals surface area contributed by atoms with Gasteiger partial charge in [0, 0.05) is 31.8 Å². The molecule has 1 N–H and O–H groups in total. The van der Waals surface area contributed by atoms with Gasteiger partial charge in [-0.25, -0.2) is 0 Å². The van der Waals surface area contributed by atoms with Crippen LogP contribution in [0.5, 0.6) is 0 Å². The van der Waals surface area contributed by atoms with Gasteiger partial charge in [-0.3, -0.25) is 0 Å². The van der Waals surface area contributed by atoms with Gasteiger partial charge < -0.3 is 10.2 Å². The number of nitrogens with zero attached hydrogens (tertiary/aromatic N) is 1. The van der Waals surface area contributed by atoms with Crippen LogP contribution < -0.4 is 5.32 Å². The third-order valence-corrected chi connectivity index (χ3v) is 5.37. The van der Waals surface area contributed by atoms with Crippen LogP contribution in [0.4, 0.5) is 0 Å². The summed E-state index contributed by atoms with van der Waals surface area (Å²) in [7, 11) is 2.00. The third-order valence-electron chi connectivity index (χ3n) is 5.37. The minimum absolute atomic E-state index is 0.899. The van der Waals surface area contributed by atoms with Gasteiger partial charge in [0.2, 0.25) is 0 Å². The van der Waals surface area contributed by atoms with Crippen LogP contribution in [-0.4, -0.2) is 25.0 Å². The highest BCUT2D eigenvalue weighted by Crippen LogP contribution is 2.18. The highest BCUT2D eigenvalue weighted by molar-refractivity contribution is 5.31. The Labute approximate surface area is 189 Å². The summed E-state index contributed by atoms with van der Waals surface area (Å²) in [6, 6.07) is 25.7. The zero-order valence-corrected chi connectivity index (χ0v) is 19.9. The van der Waals surface area contributed by atoms with E-state index >= 15 is 0 Å². The molecule has 0 bridgehead atoms. The van der Waals surface area contributed by atoms with E-state index in [-0.39, 0.29) is 0 Å². The van der Waals surface area contributed by atoms with Crippen LogP contribution in [0.3, 0.4) is 0 Å². The lowest BCUT2D eigenvalue weighted by molar-refractivity contribution is 0.331. The number of likely N-dealkylation sites (N-methyl/N-ethyl adjacent to an activating group) is 1. The molecule has 0 saturated heterocycles. The maximum atomic E-state index is 4.37. The van der Waals surface area contributed by atoms with Crippen molar-refractivity contribution in [3.05, 3.63) is 118 Å². The van der Waals surface area contributed by atoms with Crippen molar-refractivity contribution in [3.63, 3.8) is 0 Å². The maximum Gasteiger partial charge on any atom is 0.0429 e. The van der Waals surface area contributed by atoms with E-state index in [2.05, 4.69) is 99.1 Å². The predicted molar refractivity (Wildman–Crippen MR) is 135 cm³/mol. The average molecular weight is 415 g/mol. The van der Waals surface area contributed by atoms with Gasteiger partial charge in [0.15, 0.2) is 0 Å². The number of hydrogen-bond acceptors (Lipinski definition) is 2. The molecule has 3 rings (SSSR count). The Morgan fingerprint density at radius 2 is 1.48 bits per heavy atom. The van der Waals surface area contributed by atoms with Gasteiger partial charge in [0.1, 0.15) is 0 Å². The summed E-state index contributed by atoms with van der Waals surface area (Å²) < 4.78 is 0. The lowest BCUT2D eigenvalue weighted by atomic mass is 10.0. The molecule has 0 aliphatic rings. The molecule has 3 aromatic carbocycles. The van der Waals surface area contributed by atoms with Gasteiger partial charge in [-0.05, 0) is 51.4 Å². The maximum absolute atomic E-state index is 4.37. The van der Waals surface area contributed by atoms with E-state index in [1.807, 2.05) is 25.2 Å². The van der Waals surface area contributed by atoms with Crippen molar-refractivity contribution >= 4 is 0 Å². The summed E-state index contributed by atoms with van der Waals surface area (Å²) in [6.07, 6.45) is 0.899. The molecule has 0 aliphatic carbocycles. The minimum atomic E-state index is 0.899. The fourth-order valence-corrected chi connectivity index (χ4v) is 3.53.